The maximum Gasteiger partial charge on any atom is 0.510 e. The van der Waals surface area contributed by atoms with Crippen molar-refractivity contribution in [1.29, 1.82) is 0 Å². The van der Waals surface area contributed by atoms with Crippen LogP contribution in [0.3, 0.4) is 0 Å². The number of thioether (sulfide) groups is 1. The van der Waals surface area contributed by atoms with Crippen molar-refractivity contribution in [2.45, 2.75) is 181 Å². The Morgan fingerprint density at radius 2 is 1.44 bits per heavy atom. The summed E-state index contributed by atoms with van der Waals surface area (Å²) in [5, 5.41) is 45.3. The molecule has 0 aliphatic carbocycles. The van der Waals surface area contributed by atoms with Gasteiger partial charge in [0.2, 0.25) is 19.0 Å². The maximum atomic E-state index is 14.4. The highest BCUT2D eigenvalue weighted by atomic mass is 35.5. The summed E-state index contributed by atoms with van der Waals surface area (Å²) in [4.78, 5) is 155. The fourth-order valence-electron chi connectivity index (χ4n) is 14.0. The predicted molar refractivity (Wildman–Crippen MR) is 530 cm³/mol. The van der Waals surface area contributed by atoms with E-state index in [-0.39, 0.29) is 84.9 Å². The normalized spacial score (nSPS) is 14.4. The predicted octanol–water partition coefficient (Wildman–Crippen LogP) is 13.6. The lowest BCUT2D eigenvalue weighted by atomic mass is 9.86. The van der Waals surface area contributed by atoms with Crippen molar-refractivity contribution >= 4 is 136 Å². The van der Waals surface area contributed by atoms with Crippen LogP contribution in [0.2, 0.25) is 5.02 Å². The molecule has 0 saturated carbocycles. The molecule has 10 aromatic rings. The molecule has 12 rings (SSSR count). The van der Waals surface area contributed by atoms with Crippen molar-refractivity contribution in [1.82, 2.24) is 64.0 Å². The van der Waals surface area contributed by atoms with Crippen LogP contribution in [0.15, 0.2) is 155 Å². The molecule has 42 nitrogen and oxygen atoms in total. The number of nitrogens with zero attached hydrogens (tertiary/aromatic N) is 11. The molecule has 3 amide bonds. The number of ether oxygens (including phenoxy) is 9. The highest BCUT2D eigenvalue weighted by Crippen LogP contribution is 2.49. The van der Waals surface area contributed by atoms with Crippen LogP contribution in [0, 0.1) is 23.5 Å². The van der Waals surface area contributed by atoms with E-state index in [9.17, 15) is 66.7 Å². The molecule has 0 bridgehead atoms. The average Bonchev–Trinajstić information content (AvgIpc) is 1.15. The number of fused-ring (bicyclic) bond motifs is 2. The lowest BCUT2D eigenvalue weighted by Gasteiger charge is -2.29. The van der Waals surface area contributed by atoms with E-state index in [2.05, 4.69) is 85.1 Å². The fraction of sp³-hybridized carbons (Fsp3) is 0.453. The van der Waals surface area contributed by atoms with Gasteiger partial charge in [-0.15, -0.1) is 34.4 Å². The lowest BCUT2D eigenvalue weighted by Crippen LogP contribution is -2.49. The minimum atomic E-state index is -4.06. The molecule has 10 N–H and O–H groups in total. The zero-order chi connectivity index (χ0) is 106. The molecule has 7 atom stereocenters. The Labute approximate surface area is 845 Å². The number of aromatic nitrogens is 9. The highest BCUT2D eigenvalue weighted by molar-refractivity contribution is 8.00. The van der Waals surface area contributed by atoms with E-state index in [0.717, 1.165) is 56.6 Å². The number of hydrogen-bond donors (Lipinski definition) is 8. The van der Waals surface area contributed by atoms with Gasteiger partial charge in [0, 0.05) is 92.5 Å². The zero-order valence-corrected chi connectivity index (χ0v) is 85.3. The van der Waals surface area contributed by atoms with E-state index in [1.54, 1.807) is 96.9 Å². The SMILES string of the molecule is C=CC(=O)O.CC(C)OC(=O)OCOP(=O)(CO[C@H](C)Cn1cnc2c(N)ncnc21)OCOC(=O)OC(C)C.CC(C)c1nc(CN(C)C(=O)N[C@@H](CCN2CCOCC2)C(=O)C[C@H](CC[C@H](Cc2ccccc2)NC(=O)OCc2cncs2)Cc2ccccc2)cs1.COc1cc2c(cc1Cc1cccc(Cl)c1F)c(=O)c(C(=O)O)cn2[C@H](CO)C(C)C.Nc1nc(=O)n([C@@H]2CS[C@H](CO)O2)cc1F.O=C=O. The second-order valence-electron chi connectivity index (χ2n) is 33.4. The third kappa shape index (κ3) is 39.5. The number of aliphatic carboxylic acids is 1. The number of carboxylic acid groups (broad SMARTS) is 2. The van der Waals surface area contributed by atoms with Crippen LogP contribution in [-0.4, -0.2) is 244 Å². The first kappa shape index (κ1) is 118. The molecule has 0 spiro atoms. The summed E-state index contributed by atoms with van der Waals surface area (Å²) in [5.41, 5.74) is 15.8. The molecule has 6 aromatic heterocycles. The van der Waals surface area contributed by atoms with Gasteiger partial charge in [-0.3, -0.25) is 37.7 Å². The first-order valence-electron chi connectivity index (χ1n) is 45.2. The third-order valence-corrected chi connectivity index (χ3v) is 26.0. The number of rotatable bonds is 43. The van der Waals surface area contributed by atoms with Crippen LogP contribution in [-0.2, 0) is 110 Å². The van der Waals surface area contributed by atoms with Gasteiger partial charge in [-0.1, -0.05) is 119 Å². The Morgan fingerprint density at radius 1 is 0.799 bits per heavy atom. The number of halogens is 3. The van der Waals surface area contributed by atoms with E-state index < -0.39 is 134 Å². The smallest absolute Gasteiger partial charge is 0.496 e. The Balaban J connectivity index is 0.000000270. The minimum absolute atomic E-state index is 0.0122. The molecule has 2 saturated heterocycles. The van der Waals surface area contributed by atoms with Gasteiger partial charge in [0.25, 0.3) is 0 Å². The quantitative estimate of drug-likeness (QED) is 0.00578. The fourth-order valence-corrected chi connectivity index (χ4v) is 17.6. The molecule has 2 aliphatic heterocycles. The summed E-state index contributed by atoms with van der Waals surface area (Å²) in [6.07, 6.45) is 6.34. The first-order valence-corrected chi connectivity index (χ1v) is 50.2. The molecular weight excluding hydrogens is 1980 g/mol. The number of thiazole rings is 2. The summed E-state index contributed by atoms with van der Waals surface area (Å²) < 4.78 is 102. The van der Waals surface area contributed by atoms with Crippen LogP contribution >= 0.6 is 53.6 Å². The second kappa shape index (κ2) is 60.9. The molecule has 4 aromatic carbocycles. The van der Waals surface area contributed by atoms with Gasteiger partial charge in [0.05, 0.1) is 121 Å². The number of carbonyl (C=O) groups is 7. The molecule has 0 unspecified atom stereocenters. The number of carboxylic acids is 2. The summed E-state index contributed by atoms with van der Waals surface area (Å²) >= 11 is 10.3. The topological polar surface area (TPSA) is 562 Å². The van der Waals surface area contributed by atoms with Gasteiger partial charge in [0.15, 0.2) is 28.9 Å². The number of amides is 3. The van der Waals surface area contributed by atoms with E-state index in [1.807, 2.05) is 55.6 Å². The van der Waals surface area contributed by atoms with Crippen LogP contribution in [0.5, 0.6) is 5.75 Å². The number of nitrogen functional groups attached to an aromatic ring is 2. The number of carbonyl (C=O) groups excluding carboxylic acids is 7. The minimum Gasteiger partial charge on any atom is -0.496 e. The number of morpholine rings is 1. The van der Waals surface area contributed by atoms with E-state index in [0.29, 0.717) is 110 Å². The highest BCUT2D eigenvalue weighted by Gasteiger charge is 2.34. The Morgan fingerprint density at radius 3 is 2.01 bits per heavy atom. The number of aliphatic hydroxyl groups is 2. The number of nitrogens with one attached hydrogen (secondary N) is 2. The van der Waals surface area contributed by atoms with Crippen molar-refractivity contribution in [3.8, 4) is 5.75 Å². The number of Topliss-reactive ketones (excluding diaryl/α,β-unsaturated/α-hetero) is 1. The molecule has 782 valence electrons. The number of pyridine rings is 1. The Bertz CT molecular complexity index is 5970. The number of hydrogen-bond acceptors (Lipinski definition) is 37. The van der Waals surface area contributed by atoms with Crippen molar-refractivity contribution in [2.75, 3.05) is 97.4 Å². The van der Waals surface area contributed by atoms with Crippen molar-refractivity contribution in [3.63, 3.8) is 0 Å². The van der Waals surface area contributed by atoms with Crippen molar-refractivity contribution < 1.29 is 129 Å². The number of methoxy groups -OCH3 is 1. The Hall–Kier alpha value is -12.6. The average molecular weight is 2110 g/mol. The second-order valence-corrected chi connectivity index (χ2v) is 38.9. The van der Waals surface area contributed by atoms with Crippen LogP contribution in [0.1, 0.15) is 154 Å². The number of urea groups is 1. The van der Waals surface area contributed by atoms with Gasteiger partial charge >= 0.3 is 55.8 Å². The monoisotopic (exact) mass is 2100 g/mol. The van der Waals surface area contributed by atoms with Gasteiger partial charge in [-0.25, -0.2) is 62.3 Å². The molecule has 49 heteroatoms. The lowest BCUT2D eigenvalue weighted by molar-refractivity contribution is -0.191. The largest absolute Gasteiger partial charge is 0.510 e. The summed E-state index contributed by atoms with van der Waals surface area (Å²) in [6.45, 7) is 21.7. The van der Waals surface area contributed by atoms with Gasteiger partial charge in [0.1, 0.15) is 53.6 Å². The number of benzene rings is 4. The van der Waals surface area contributed by atoms with Crippen LogP contribution in [0.4, 0.5) is 39.6 Å². The van der Waals surface area contributed by atoms with Crippen molar-refractivity contribution in [3.05, 3.63) is 227 Å². The number of nitrogens with two attached hydrogens (primary N) is 2. The summed E-state index contributed by atoms with van der Waals surface area (Å²) in [6, 6.07) is 26.4. The van der Waals surface area contributed by atoms with E-state index in [1.165, 1.54) is 61.2 Å². The Kier molecular flexibility index (Phi) is 50.0. The van der Waals surface area contributed by atoms with Gasteiger partial charge in [-0.2, -0.15) is 14.6 Å². The van der Waals surface area contributed by atoms with Gasteiger partial charge in [-0.05, 0) is 113 Å². The number of alkyl carbamates (subject to hydrolysis) is 1. The number of aliphatic hydroxyl groups excluding tert-OH is 2. The number of aromatic carboxylic acids is 1. The summed E-state index contributed by atoms with van der Waals surface area (Å²) in [7, 11) is -0.857. The number of anilines is 2. The van der Waals surface area contributed by atoms with Gasteiger partial charge < -0.3 is 99.2 Å². The van der Waals surface area contributed by atoms with E-state index >= 15 is 0 Å². The van der Waals surface area contributed by atoms with Crippen molar-refractivity contribution in [2.24, 2.45) is 11.8 Å². The molecule has 2 fully saturated rings. The summed E-state index contributed by atoms with van der Waals surface area (Å²) in [5.74, 6) is -2.72. The number of imidazole rings is 1. The molecule has 8 heterocycles. The molecular formula is C95H121ClF2N15O27PS3. The molecule has 0 radical (unpaired) electrons. The number of ketones is 1. The van der Waals surface area contributed by atoms with Crippen LogP contribution in [0.25, 0.3) is 22.1 Å². The van der Waals surface area contributed by atoms with E-state index in [4.69, 9.17) is 99.5 Å². The zero-order valence-electron chi connectivity index (χ0n) is 81.2. The third-order valence-electron chi connectivity index (χ3n) is 21.2. The molecule has 144 heavy (non-hydrogen) atoms. The first-order chi connectivity index (χ1) is 68.7. The van der Waals surface area contributed by atoms with Crippen LogP contribution < -0.4 is 38.0 Å². The molecule has 2 aliphatic rings. The maximum absolute atomic E-state index is 14.4. The standard InChI is InChI=1S/C41H54N6O5S2.C23H23ClFNO5.C19H30N5O10P.C8H10FN3O3S.C3H4O2.CO2/c1-30(2)39-43-35(28-53-39)26-46(3)40(49)45-37(16-17-47-18-20-51-21-19-47)38(48)24-33(22-31-10-6-4-7-11-31)14-15-34(23-32-12-8-5-9-13-32)44-41(50)52-27-36-25-42-29-54-36;1-12(2)19(11-27)26-10-16(23(29)30)22(28)15-8-14(20(31-3)9-18(15)26)7-13-5-4-6-17(24)21(13)25;1-12(2)33-18(25)28-9-31-35(27,32-10-29-19(26)34-13(3)4)11-30-14(5)6-24-8-23-15-16(20)21-7-22-17(15)24;9-4-1-12(8(14)11-7(4)10)5-3-16-6(2-13)15-5;1-2-3(4)5;2-1-3/h4-13,25,28-30,33-34,37H,14-24,26-27H2,1-3H3,(H,44,50)(H,45,49);4-6,8-10,12,19,27H,7,11H2,1-3H3,(H,29,30);7-8,12-14H,6,9-11H2,1-5H3,(H2,20,21,22);1,5-6,13H,2-3H2,(H2,10,11,14);2H,1H2,(H,4,5);/t33-,34-,37+;19-;14-;5-,6+;;/m1110../s1.